The molecule has 0 bridgehead atoms. The summed E-state index contributed by atoms with van der Waals surface area (Å²) in [5.74, 6) is 1.12. The minimum Gasteiger partial charge on any atom is -0.493 e. The van der Waals surface area contributed by atoms with E-state index >= 15 is 0 Å². The normalized spacial score (nSPS) is 11.8. The molecule has 4 heteroatoms. The van der Waals surface area contributed by atoms with Crippen molar-refractivity contribution in [2.24, 2.45) is 5.73 Å². The van der Waals surface area contributed by atoms with Crippen LogP contribution in [0.1, 0.15) is 28.4 Å². The standard InChI is InChI=1S/C17H19NO3/c1-20-16-9-8-13(10-17(16)21-2)15(19)11-14(18)12-6-4-3-5-7-12/h3-10,14H,11,18H2,1-2H3. The number of hydrogen-bond donors (Lipinski definition) is 1. The Bertz CT molecular complexity index is 611. The first kappa shape index (κ1) is 15.1. The van der Waals surface area contributed by atoms with Crippen LogP contribution >= 0.6 is 0 Å². The summed E-state index contributed by atoms with van der Waals surface area (Å²) < 4.78 is 10.4. The van der Waals surface area contributed by atoms with Gasteiger partial charge in [-0.25, -0.2) is 0 Å². The van der Waals surface area contributed by atoms with Crippen LogP contribution in [0.3, 0.4) is 0 Å². The molecule has 0 amide bonds. The van der Waals surface area contributed by atoms with E-state index in [1.807, 2.05) is 30.3 Å². The third kappa shape index (κ3) is 3.61. The lowest BCUT2D eigenvalue weighted by Crippen LogP contribution is -2.15. The van der Waals surface area contributed by atoms with Gasteiger partial charge in [-0.05, 0) is 23.8 Å². The average molecular weight is 285 g/mol. The van der Waals surface area contributed by atoms with Crippen LogP contribution in [-0.2, 0) is 0 Å². The molecule has 1 unspecified atom stereocenters. The van der Waals surface area contributed by atoms with Crippen LogP contribution < -0.4 is 15.2 Å². The average Bonchev–Trinajstić information content (AvgIpc) is 2.54. The molecule has 0 aliphatic carbocycles. The number of methoxy groups -OCH3 is 2. The number of nitrogens with two attached hydrogens (primary N) is 1. The number of carbonyl (C=O) groups is 1. The number of ether oxygens (including phenoxy) is 2. The second-order valence-electron chi connectivity index (χ2n) is 4.71. The summed E-state index contributed by atoms with van der Waals surface area (Å²) in [5.41, 5.74) is 7.60. The third-order valence-electron chi connectivity index (χ3n) is 3.34. The fourth-order valence-electron chi connectivity index (χ4n) is 2.15. The minimum atomic E-state index is -0.313. The van der Waals surface area contributed by atoms with Crippen LogP contribution in [0.5, 0.6) is 11.5 Å². The highest BCUT2D eigenvalue weighted by molar-refractivity contribution is 5.97. The summed E-state index contributed by atoms with van der Waals surface area (Å²) in [6.45, 7) is 0. The van der Waals surface area contributed by atoms with Crippen molar-refractivity contribution >= 4 is 5.78 Å². The van der Waals surface area contributed by atoms with Gasteiger partial charge in [0.15, 0.2) is 17.3 Å². The minimum absolute atomic E-state index is 0.0210. The predicted molar refractivity (Wildman–Crippen MR) is 81.9 cm³/mol. The molecule has 0 aromatic heterocycles. The highest BCUT2D eigenvalue weighted by Crippen LogP contribution is 2.28. The van der Waals surface area contributed by atoms with Crippen molar-refractivity contribution in [3.8, 4) is 11.5 Å². The zero-order valence-electron chi connectivity index (χ0n) is 12.2. The SMILES string of the molecule is COc1ccc(C(=O)CC(N)c2ccccc2)cc1OC. The van der Waals surface area contributed by atoms with Crippen molar-refractivity contribution in [3.05, 3.63) is 59.7 Å². The second kappa shape index (κ2) is 6.90. The van der Waals surface area contributed by atoms with Crippen LogP contribution in [0.15, 0.2) is 48.5 Å². The highest BCUT2D eigenvalue weighted by atomic mass is 16.5. The summed E-state index contributed by atoms with van der Waals surface area (Å²) in [6, 6.07) is 14.4. The molecular formula is C17H19NO3. The van der Waals surface area contributed by atoms with Gasteiger partial charge in [-0.1, -0.05) is 30.3 Å². The fourth-order valence-corrected chi connectivity index (χ4v) is 2.15. The Hall–Kier alpha value is -2.33. The molecule has 0 radical (unpaired) electrons. The van der Waals surface area contributed by atoms with Crippen molar-refractivity contribution in [2.45, 2.75) is 12.5 Å². The maximum atomic E-state index is 12.3. The molecule has 1 atom stereocenters. The van der Waals surface area contributed by atoms with Gasteiger partial charge >= 0.3 is 0 Å². The number of rotatable bonds is 6. The smallest absolute Gasteiger partial charge is 0.164 e. The first-order valence-corrected chi connectivity index (χ1v) is 6.71. The lowest BCUT2D eigenvalue weighted by molar-refractivity contribution is 0.0974. The van der Waals surface area contributed by atoms with Gasteiger partial charge < -0.3 is 15.2 Å². The number of ketones is 1. The molecular weight excluding hydrogens is 266 g/mol. The quantitative estimate of drug-likeness (QED) is 0.829. The number of carbonyl (C=O) groups excluding carboxylic acids is 1. The summed E-state index contributed by atoms with van der Waals surface area (Å²) >= 11 is 0. The summed E-state index contributed by atoms with van der Waals surface area (Å²) in [4.78, 5) is 12.3. The molecule has 0 saturated heterocycles. The van der Waals surface area contributed by atoms with E-state index < -0.39 is 0 Å². The molecule has 0 aliphatic rings. The van der Waals surface area contributed by atoms with Gasteiger partial charge in [0.2, 0.25) is 0 Å². The maximum Gasteiger partial charge on any atom is 0.164 e. The topological polar surface area (TPSA) is 61.5 Å². The molecule has 0 fully saturated rings. The third-order valence-corrected chi connectivity index (χ3v) is 3.34. The Kier molecular flexibility index (Phi) is 4.95. The molecule has 0 saturated carbocycles. The largest absolute Gasteiger partial charge is 0.493 e. The number of hydrogen-bond acceptors (Lipinski definition) is 4. The van der Waals surface area contributed by atoms with Gasteiger partial charge in [0.25, 0.3) is 0 Å². The van der Waals surface area contributed by atoms with Gasteiger partial charge in [-0.3, -0.25) is 4.79 Å². The van der Waals surface area contributed by atoms with E-state index in [4.69, 9.17) is 15.2 Å². The molecule has 4 nitrogen and oxygen atoms in total. The molecule has 2 N–H and O–H groups in total. The molecule has 2 aromatic rings. The van der Waals surface area contributed by atoms with Crippen LogP contribution in [-0.4, -0.2) is 20.0 Å². The van der Waals surface area contributed by atoms with Crippen molar-refractivity contribution in [2.75, 3.05) is 14.2 Å². The van der Waals surface area contributed by atoms with Crippen molar-refractivity contribution in [1.29, 1.82) is 0 Å². The van der Waals surface area contributed by atoms with Gasteiger partial charge in [0.1, 0.15) is 0 Å². The van der Waals surface area contributed by atoms with E-state index in [1.54, 1.807) is 32.4 Å². The Morgan fingerprint density at radius 1 is 1.05 bits per heavy atom. The van der Waals surface area contributed by atoms with E-state index in [1.165, 1.54) is 0 Å². The van der Waals surface area contributed by atoms with E-state index in [-0.39, 0.29) is 18.2 Å². The van der Waals surface area contributed by atoms with E-state index in [2.05, 4.69) is 0 Å². The summed E-state index contributed by atoms with van der Waals surface area (Å²) in [7, 11) is 3.10. The van der Waals surface area contributed by atoms with Gasteiger partial charge in [0, 0.05) is 18.0 Å². The van der Waals surface area contributed by atoms with Crippen LogP contribution in [0, 0.1) is 0 Å². The zero-order chi connectivity index (χ0) is 15.2. The van der Waals surface area contributed by atoms with Crippen molar-refractivity contribution < 1.29 is 14.3 Å². The molecule has 2 rings (SSSR count). The fraction of sp³-hybridized carbons (Fsp3) is 0.235. The zero-order valence-corrected chi connectivity index (χ0v) is 12.2. The van der Waals surface area contributed by atoms with Crippen LogP contribution in [0.2, 0.25) is 0 Å². The maximum absolute atomic E-state index is 12.3. The van der Waals surface area contributed by atoms with Crippen molar-refractivity contribution in [1.82, 2.24) is 0 Å². The second-order valence-corrected chi connectivity index (χ2v) is 4.71. The Morgan fingerprint density at radius 2 is 1.71 bits per heavy atom. The number of benzene rings is 2. The van der Waals surface area contributed by atoms with Crippen LogP contribution in [0.25, 0.3) is 0 Å². The Labute approximate surface area is 124 Å². The summed E-state index contributed by atoms with van der Waals surface area (Å²) in [5, 5.41) is 0. The Morgan fingerprint density at radius 3 is 2.33 bits per heavy atom. The molecule has 0 heterocycles. The molecule has 21 heavy (non-hydrogen) atoms. The van der Waals surface area contributed by atoms with Gasteiger partial charge in [0.05, 0.1) is 14.2 Å². The predicted octanol–water partition coefficient (Wildman–Crippen LogP) is 2.98. The first-order chi connectivity index (χ1) is 10.2. The summed E-state index contributed by atoms with van der Waals surface area (Å²) in [6.07, 6.45) is 0.250. The lowest BCUT2D eigenvalue weighted by atomic mass is 9.98. The molecule has 0 aliphatic heterocycles. The highest BCUT2D eigenvalue weighted by Gasteiger charge is 2.15. The molecule has 110 valence electrons. The van der Waals surface area contributed by atoms with Crippen LogP contribution in [0.4, 0.5) is 0 Å². The van der Waals surface area contributed by atoms with Crippen molar-refractivity contribution in [3.63, 3.8) is 0 Å². The van der Waals surface area contributed by atoms with E-state index in [0.717, 1.165) is 5.56 Å². The van der Waals surface area contributed by atoms with E-state index in [0.29, 0.717) is 17.1 Å². The van der Waals surface area contributed by atoms with Gasteiger partial charge in [-0.15, -0.1) is 0 Å². The van der Waals surface area contributed by atoms with Gasteiger partial charge in [-0.2, -0.15) is 0 Å². The number of Topliss-reactive ketones (excluding diaryl/α,β-unsaturated/α-hetero) is 1. The Balaban J connectivity index is 2.13. The molecule has 0 spiro atoms. The first-order valence-electron chi connectivity index (χ1n) is 6.71. The lowest BCUT2D eigenvalue weighted by Gasteiger charge is -2.12. The monoisotopic (exact) mass is 285 g/mol. The van der Waals surface area contributed by atoms with E-state index in [9.17, 15) is 4.79 Å². The molecule has 2 aromatic carbocycles.